The number of carbonyl (C=O) groups excluding carboxylic acids is 1. The van der Waals surface area contributed by atoms with Gasteiger partial charge in [0.05, 0.1) is 11.8 Å². The molecule has 1 aromatic heterocycles. The van der Waals surface area contributed by atoms with E-state index in [0.29, 0.717) is 10.8 Å². The Labute approximate surface area is 143 Å². The van der Waals surface area contributed by atoms with E-state index in [1.54, 1.807) is 24.1 Å². The molecule has 1 amide bonds. The molecule has 0 bridgehead atoms. The van der Waals surface area contributed by atoms with Crippen molar-refractivity contribution in [3.63, 3.8) is 0 Å². The van der Waals surface area contributed by atoms with E-state index in [4.69, 9.17) is 4.42 Å². The normalized spacial score (nSPS) is 12.3. The molecule has 6 heteroatoms. The third-order valence-corrected chi connectivity index (χ3v) is 4.73. The van der Waals surface area contributed by atoms with E-state index in [-0.39, 0.29) is 23.5 Å². The molecule has 0 spiro atoms. The van der Waals surface area contributed by atoms with Crippen molar-refractivity contribution in [1.82, 2.24) is 9.88 Å². The summed E-state index contributed by atoms with van der Waals surface area (Å²) in [6.45, 7) is 1.91. The lowest BCUT2D eigenvalue weighted by Crippen LogP contribution is -2.31. The van der Waals surface area contributed by atoms with Gasteiger partial charge in [-0.1, -0.05) is 36.0 Å². The van der Waals surface area contributed by atoms with E-state index in [9.17, 15) is 9.18 Å². The van der Waals surface area contributed by atoms with Crippen LogP contribution in [0.5, 0.6) is 0 Å². The highest BCUT2D eigenvalue weighted by molar-refractivity contribution is 7.99. The lowest BCUT2D eigenvalue weighted by Gasteiger charge is -2.25. The number of hydrogen-bond donors (Lipinski definition) is 0. The Balaban J connectivity index is 1.62. The second kappa shape index (κ2) is 7.05. The van der Waals surface area contributed by atoms with E-state index < -0.39 is 0 Å². The molecule has 2 aromatic carbocycles. The number of oxazole rings is 1. The van der Waals surface area contributed by atoms with E-state index >= 15 is 0 Å². The zero-order chi connectivity index (χ0) is 17.1. The van der Waals surface area contributed by atoms with Crippen molar-refractivity contribution in [2.24, 2.45) is 0 Å². The first-order chi connectivity index (χ1) is 11.5. The number of aromatic nitrogens is 1. The van der Waals surface area contributed by atoms with Gasteiger partial charge in [0.1, 0.15) is 11.3 Å². The van der Waals surface area contributed by atoms with Gasteiger partial charge in [0.15, 0.2) is 5.58 Å². The zero-order valence-electron chi connectivity index (χ0n) is 13.4. The van der Waals surface area contributed by atoms with Gasteiger partial charge < -0.3 is 9.32 Å². The van der Waals surface area contributed by atoms with Crippen LogP contribution in [-0.4, -0.2) is 28.6 Å². The summed E-state index contributed by atoms with van der Waals surface area (Å²) in [7, 11) is 1.74. The molecule has 3 aromatic rings. The van der Waals surface area contributed by atoms with Crippen LogP contribution in [0.4, 0.5) is 4.39 Å². The second-order valence-electron chi connectivity index (χ2n) is 5.47. The molecule has 0 N–H and O–H groups in total. The minimum Gasteiger partial charge on any atom is -0.431 e. The zero-order valence-corrected chi connectivity index (χ0v) is 14.2. The number of hydrogen-bond acceptors (Lipinski definition) is 4. The molecule has 1 atom stereocenters. The number of halogens is 1. The van der Waals surface area contributed by atoms with E-state index in [1.165, 1.54) is 23.9 Å². The van der Waals surface area contributed by atoms with E-state index in [1.807, 2.05) is 31.2 Å². The number of carbonyl (C=O) groups is 1. The summed E-state index contributed by atoms with van der Waals surface area (Å²) in [4.78, 5) is 18.4. The second-order valence-corrected chi connectivity index (χ2v) is 6.39. The number of para-hydroxylation sites is 2. The van der Waals surface area contributed by atoms with Crippen LogP contribution in [0.15, 0.2) is 58.2 Å². The number of nitrogens with zero attached hydrogens (tertiary/aromatic N) is 2. The standard InChI is InChI=1S/C18H17FN2O2S/c1-12(13-7-9-14(19)10-8-13)21(2)17(22)11-24-18-20-15-5-3-4-6-16(15)23-18/h3-10,12H,11H2,1-2H3/t12-/m0/s1. The van der Waals surface area contributed by atoms with Gasteiger partial charge in [0.2, 0.25) is 5.91 Å². The number of thioether (sulfide) groups is 1. The third-order valence-electron chi connectivity index (χ3n) is 3.92. The predicted molar refractivity (Wildman–Crippen MR) is 92.3 cm³/mol. The number of benzene rings is 2. The maximum Gasteiger partial charge on any atom is 0.257 e. The van der Waals surface area contributed by atoms with Crippen molar-refractivity contribution in [3.05, 3.63) is 59.9 Å². The molecule has 0 radical (unpaired) electrons. The summed E-state index contributed by atoms with van der Waals surface area (Å²) < 4.78 is 18.6. The maximum atomic E-state index is 13.0. The van der Waals surface area contributed by atoms with E-state index in [2.05, 4.69) is 4.98 Å². The fourth-order valence-corrected chi connectivity index (χ4v) is 3.08. The lowest BCUT2D eigenvalue weighted by atomic mass is 10.1. The highest BCUT2D eigenvalue weighted by atomic mass is 32.2. The molecule has 24 heavy (non-hydrogen) atoms. The van der Waals surface area contributed by atoms with Crippen LogP contribution in [0.3, 0.4) is 0 Å². The Morgan fingerprint density at radius 2 is 1.96 bits per heavy atom. The molecular formula is C18H17FN2O2S. The van der Waals surface area contributed by atoms with Gasteiger partial charge in [-0.2, -0.15) is 0 Å². The van der Waals surface area contributed by atoms with Crippen LogP contribution >= 0.6 is 11.8 Å². The van der Waals surface area contributed by atoms with Crippen LogP contribution in [0, 0.1) is 5.82 Å². The molecule has 0 saturated carbocycles. The molecule has 0 fully saturated rings. The molecule has 0 aliphatic heterocycles. The van der Waals surface area contributed by atoms with Crippen molar-refractivity contribution in [2.45, 2.75) is 18.2 Å². The molecule has 3 rings (SSSR count). The molecule has 0 aliphatic carbocycles. The average Bonchev–Trinajstić information content (AvgIpc) is 3.02. The largest absolute Gasteiger partial charge is 0.431 e. The van der Waals surface area contributed by atoms with Crippen LogP contribution in [0.2, 0.25) is 0 Å². The molecule has 1 heterocycles. The number of amides is 1. The van der Waals surface area contributed by atoms with Crippen molar-refractivity contribution >= 4 is 28.8 Å². The summed E-state index contributed by atoms with van der Waals surface area (Å²) in [5, 5.41) is 0.479. The topological polar surface area (TPSA) is 46.3 Å². The van der Waals surface area contributed by atoms with Crippen LogP contribution < -0.4 is 0 Å². The first kappa shape index (κ1) is 16.5. The summed E-state index contributed by atoms with van der Waals surface area (Å²) >= 11 is 1.27. The minimum absolute atomic E-state index is 0.0425. The Morgan fingerprint density at radius 3 is 2.67 bits per heavy atom. The maximum absolute atomic E-state index is 13.0. The predicted octanol–water partition coefficient (Wildman–Crippen LogP) is 4.28. The van der Waals surface area contributed by atoms with E-state index in [0.717, 1.165) is 11.1 Å². The quantitative estimate of drug-likeness (QED) is 0.648. The van der Waals surface area contributed by atoms with Crippen LogP contribution in [-0.2, 0) is 4.79 Å². The SMILES string of the molecule is C[C@@H](c1ccc(F)cc1)N(C)C(=O)CSc1nc2ccccc2o1. The third kappa shape index (κ3) is 3.59. The van der Waals surface area contributed by atoms with Gasteiger partial charge in [0.25, 0.3) is 5.22 Å². The number of fused-ring (bicyclic) bond motifs is 1. The molecule has 0 aliphatic rings. The highest BCUT2D eigenvalue weighted by Gasteiger charge is 2.18. The Kier molecular flexibility index (Phi) is 4.85. The first-order valence-electron chi connectivity index (χ1n) is 7.54. The van der Waals surface area contributed by atoms with Crippen molar-refractivity contribution < 1.29 is 13.6 Å². The van der Waals surface area contributed by atoms with Gasteiger partial charge in [-0.25, -0.2) is 9.37 Å². The molecule has 0 saturated heterocycles. The lowest BCUT2D eigenvalue weighted by molar-refractivity contribution is -0.128. The minimum atomic E-state index is -0.286. The van der Waals surface area contributed by atoms with Crippen molar-refractivity contribution in [2.75, 3.05) is 12.8 Å². The summed E-state index contributed by atoms with van der Waals surface area (Å²) in [6.07, 6.45) is 0. The smallest absolute Gasteiger partial charge is 0.257 e. The Bertz CT molecular complexity index is 815. The fourth-order valence-electron chi connectivity index (χ4n) is 2.32. The average molecular weight is 344 g/mol. The Hall–Kier alpha value is -2.34. The molecule has 0 unspecified atom stereocenters. The monoisotopic (exact) mass is 344 g/mol. The molecular weight excluding hydrogens is 327 g/mol. The fraction of sp³-hybridized carbons (Fsp3) is 0.222. The number of rotatable bonds is 5. The molecule has 124 valence electrons. The van der Waals surface area contributed by atoms with Gasteiger partial charge in [-0.3, -0.25) is 4.79 Å². The van der Waals surface area contributed by atoms with Gasteiger partial charge in [-0.15, -0.1) is 0 Å². The molecule has 4 nitrogen and oxygen atoms in total. The van der Waals surface area contributed by atoms with Gasteiger partial charge >= 0.3 is 0 Å². The van der Waals surface area contributed by atoms with Crippen LogP contribution in [0.25, 0.3) is 11.1 Å². The Morgan fingerprint density at radius 1 is 1.25 bits per heavy atom. The van der Waals surface area contributed by atoms with Crippen molar-refractivity contribution in [1.29, 1.82) is 0 Å². The van der Waals surface area contributed by atoms with Gasteiger partial charge in [0, 0.05) is 7.05 Å². The van der Waals surface area contributed by atoms with Gasteiger partial charge in [-0.05, 0) is 36.8 Å². The first-order valence-corrected chi connectivity index (χ1v) is 8.52. The summed E-state index contributed by atoms with van der Waals surface area (Å²) in [5.41, 5.74) is 2.38. The van der Waals surface area contributed by atoms with Crippen molar-refractivity contribution in [3.8, 4) is 0 Å². The summed E-state index contributed by atoms with van der Waals surface area (Å²) in [6, 6.07) is 13.5. The van der Waals surface area contributed by atoms with Crippen LogP contribution in [0.1, 0.15) is 18.5 Å². The summed E-state index contributed by atoms with van der Waals surface area (Å²) in [5.74, 6) is -0.0972. The highest BCUT2D eigenvalue weighted by Crippen LogP contribution is 2.25.